The predicted octanol–water partition coefficient (Wildman–Crippen LogP) is 3.88. The number of methoxy groups -OCH3 is 1. The first-order valence-corrected chi connectivity index (χ1v) is 7.07. The van der Waals surface area contributed by atoms with Gasteiger partial charge in [-0.3, -0.25) is 0 Å². The fraction of sp³-hybridized carbons (Fsp3) is 0.625. The molecule has 0 aliphatic carbocycles. The number of hydrogen-bond donors (Lipinski definition) is 2. The van der Waals surface area contributed by atoms with Crippen molar-refractivity contribution < 1.29 is 9.84 Å². The Balaban J connectivity index is 2.60. The molecule has 0 fully saturated rings. The normalized spacial score (nSPS) is 14.4. The van der Waals surface area contributed by atoms with Gasteiger partial charge in [0, 0.05) is 23.7 Å². The van der Waals surface area contributed by atoms with Crippen LogP contribution >= 0.6 is 0 Å². The Labute approximate surface area is 117 Å². The van der Waals surface area contributed by atoms with Crippen LogP contribution < -0.4 is 10.1 Å². The standard InChI is InChI=1S/C16H27NO2/c1-11(2)6-7-12(3)17-13(4)15-9-8-14(19-5)10-16(15)18/h8-13,17-18H,6-7H2,1-5H3. The quantitative estimate of drug-likeness (QED) is 0.786. The molecule has 0 heterocycles. The lowest BCUT2D eigenvalue weighted by Gasteiger charge is -2.22. The van der Waals surface area contributed by atoms with E-state index in [9.17, 15) is 5.11 Å². The topological polar surface area (TPSA) is 41.5 Å². The molecular weight excluding hydrogens is 238 g/mol. The highest BCUT2D eigenvalue weighted by Gasteiger charge is 2.13. The van der Waals surface area contributed by atoms with Crippen LogP contribution in [0.1, 0.15) is 52.1 Å². The molecule has 0 saturated heterocycles. The lowest BCUT2D eigenvalue weighted by atomic mass is 10.0. The van der Waals surface area contributed by atoms with Crippen LogP contribution in [0.3, 0.4) is 0 Å². The Morgan fingerprint density at radius 3 is 2.37 bits per heavy atom. The molecule has 1 aromatic rings. The van der Waals surface area contributed by atoms with E-state index in [0.717, 1.165) is 17.9 Å². The first-order chi connectivity index (χ1) is 8.93. The molecular formula is C16H27NO2. The number of aromatic hydroxyl groups is 1. The van der Waals surface area contributed by atoms with Gasteiger partial charge < -0.3 is 15.2 Å². The average Bonchev–Trinajstić information content (AvgIpc) is 2.35. The smallest absolute Gasteiger partial charge is 0.124 e. The minimum absolute atomic E-state index is 0.132. The van der Waals surface area contributed by atoms with E-state index in [-0.39, 0.29) is 11.8 Å². The van der Waals surface area contributed by atoms with Crippen molar-refractivity contribution in [3.8, 4) is 11.5 Å². The van der Waals surface area contributed by atoms with Gasteiger partial charge in [-0.1, -0.05) is 19.9 Å². The summed E-state index contributed by atoms with van der Waals surface area (Å²) in [7, 11) is 1.60. The largest absolute Gasteiger partial charge is 0.507 e. The minimum Gasteiger partial charge on any atom is -0.507 e. The minimum atomic E-state index is 0.132. The Morgan fingerprint density at radius 2 is 1.84 bits per heavy atom. The number of phenolic OH excluding ortho intramolecular Hbond substituents is 1. The van der Waals surface area contributed by atoms with E-state index in [1.807, 2.05) is 12.1 Å². The Hall–Kier alpha value is -1.22. The maximum Gasteiger partial charge on any atom is 0.124 e. The summed E-state index contributed by atoms with van der Waals surface area (Å²) in [5.41, 5.74) is 0.914. The third kappa shape index (κ3) is 5.11. The zero-order valence-electron chi connectivity index (χ0n) is 12.7. The zero-order chi connectivity index (χ0) is 14.4. The van der Waals surface area contributed by atoms with E-state index in [1.165, 1.54) is 6.42 Å². The third-order valence-electron chi connectivity index (χ3n) is 3.42. The first kappa shape index (κ1) is 15.8. The van der Waals surface area contributed by atoms with Gasteiger partial charge in [0.15, 0.2) is 0 Å². The number of phenols is 1. The lowest BCUT2D eigenvalue weighted by Crippen LogP contribution is -2.29. The molecule has 2 N–H and O–H groups in total. The van der Waals surface area contributed by atoms with Crippen LogP contribution in [0.5, 0.6) is 11.5 Å². The second-order valence-corrected chi connectivity index (χ2v) is 5.69. The van der Waals surface area contributed by atoms with E-state index in [2.05, 4.69) is 33.0 Å². The van der Waals surface area contributed by atoms with E-state index >= 15 is 0 Å². The van der Waals surface area contributed by atoms with Crippen LogP contribution in [-0.2, 0) is 0 Å². The number of benzene rings is 1. The summed E-state index contributed by atoms with van der Waals surface area (Å²) in [6.07, 6.45) is 2.37. The number of ether oxygens (including phenoxy) is 1. The molecule has 3 nitrogen and oxygen atoms in total. The van der Waals surface area contributed by atoms with Gasteiger partial charge in [-0.15, -0.1) is 0 Å². The molecule has 3 heteroatoms. The average molecular weight is 265 g/mol. The van der Waals surface area contributed by atoms with Gasteiger partial charge in [-0.05, 0) is 38.7 Å². The zero-order valence-corrected chi connectivity index (χ0v) is 12.7. The molecule has 0 bridgehead atoms. The predicted molar refractivity (Wildman–Crippen MR) is 79.7 cm³/mol. The summed E-state index contributed by atoms with van der Waals surface area (Å²) < 4.78 is 5.10. The number of rotatable bonds is 7. The van der Waals surface area contributed by atoms with Crippen molar-refractivity contribution in [3.63, 3.8) is 0 Å². The highest BCUT2D eigenvalue weighted by Crippen LogP contribution is 2.28. The molecule has 0 radical (unpaired) electrons. The van der Waals surface area contributed by atoms with Crippen LogP contribution in [0.15, 0.2) is 18.2 Å². The second kappa shape index (κ2) is 7.39. The monoisotopic (exact) mass is 265 g/mol. The molecule has 2 unspecified atom stereocenters. The third-order valence-corrected chi connectivity index (χ3v) is 3.42. The van der Waals surface area contributed by atoms with E-state index in [4.69, 9.17) is 4.74 Å². The van der Waals surface area contributed by atoms with Crippen molar-refractivity contribution in [2.24, 2.45) is 5.92 Å². The summed E-state index contributed by atoms with van der Waals surface area (Å²) in [4.78, 5) is 0. The van der Waals surface area contributed by atoms with Crippen molar-refractivity contribution in [1.29, 1.82) is 0 Å². The molecule has 19 heavy (non-hydrogen) atoms. The highest BCUT2D eigenvalue weighted by atomic mass is 16.5. The van der Waals surface area contributed by atoms with Crippen LogP contribution in [0.4, 0.5) is 0 Å². The first-order valence-electron chi connectivity index (χ1n) is 7.07. The van der Waals surface area contributed by atoms with Gasteiger partial charge >= 0.3 is 0 Å². The van der Waals surface area contributed by atoms with Crippen molar-refractivity contribution in [2.45, 2.75) is 52.6 Å². The van der Waals surface area contributed by atoms with Gasteiger partial charge in [0.1, 0.15) is 11.5 Å². The highest BCUT2D eigenvalue weighted by molar-refractivity contribution is 5.41. The fourth-order valence-electron chi connectivity index (χ4n) is 2.20. The van der Waals surface area contributed by atoms with E-state index in [1.54, 1.807) is 13.2 Å². The van der Waals surface area contributed by atoms with Crippen LogP contribution in [0.25, 0.3) is 0 Å². The van der Waals surface area contributed by atoms with Crippen molar-refractivity contribution >= 4 is 0 Å². The van der Waals surface area contributed by atoms with Gasteiger partial charge in [-0.25, -0.2) is 0 Å². The Bertz CT molecular complexity index is 390. The number of nitrogens with one attached hydrogen (secondary N) is 1. The summed E-state index contributed by atoms with van der Waals surface area (Å²) in [6, 6.07) is 6.03. The van der Waals surface area contributed by atoms with Crippen LogP contribution in [-0.4, -0.2) is 18.3 Å². The fourth-order valence-corrected chi connectivity index (χ4v) is 2.20. The molecule has 1 aromatic carbocycles. The maximum atomic E-state index is 10.0. The van der Waals surface area contributed by atoms with E-state index < -0.39 is 0 Å². The van der Waals surface area contributed by atoms with Crippen molar-refractivity contribution in [3.05, 3.63) is 23.8 Å². The molecule has 0 aliphatic rings. The van der Waals surface area contributed by atoms with Crippen LogP contribution in [0, 0.1) is 5.92 Å². The molecule has 2 atom stereocenters. The molecule has 108 valence electrons. The number of hydrogen-bond acceptors (Lipinski definition) is 3. The summed E-state index contributed by atoms with van der Waals surface area (Å²) >= 11 is 0. The maximum absolute atomic E-state index is 10.0. The molecule has 1 rings (SSSR count). The van der Waals surface area contributed by atoms with Gasteiger partial charge in [-0.2, -0.15) is 0 Å². The molecule has 0 spiro atoms. The van der Waals surface area contributed by atoms with Gasteiger partial charge in [0.05, 0.1) is 7.11 Å². The summed E-state index contributed by atoms with van der Waals surface area (Å²) in [6.45, 7) is 8.75. The van der Waals surface area contributed by atoms with E-state index in [0.29, 0.717) is 11.8 Å². The Morgan fingerprint density at radius 1 is 1.16 bits per heavy atom. The summed E-state index contributed by atoms with van der Waals surface area (Å²) in [5.74, 6) is 1.70. The summed E-state index contributed by atoms with van der Waals surface area (Å²) in [5, 5.41) is 13.5. The molecule has 0 amide bonds. The Kier molecular flexibility index (Phi) is 6.16. The second-order valence-electron chi connectivity index (χ2n) is 5.69. The van der Waals surface area contributed by atoms with Crippen molar-refractivity contribution in [1.82, 2.24) is 5.32 Å². The molecule has 0 saturated carbocycles. The van der Waals surface area contributed by atoms with Crippen molar-refractivity contribution in [2.75, 3.05) is 7.11 Å². The van der Waals surface area contributed by atoms with Crippen LogP contribution in [0.2, 0.25) is 0 Å². The SMILES string of the molecule is COc1ccc(C(C)NC(C)CCC(C)C)c(O)c1. The van der Waals surface area contributed by atoms with Gasteiger partial charge in [0.2, 0.25) is 0 Å². The molecule has 0 aliphatic heterocycles. The van der Waals surface area contributed by atoms with Gasteiger partial charge in [0.25, 0.3) is 0 Å². The lowest BCUT2D eigenvalue weighted by molar-refractivity contribution is 0.393. The molecule has 0 aromatic heterocycles.